The molecule has 24 heavy (non-hydrogen) atoms. The van der Waals surface area contributed by atoms with Crippen molar-refractivity contribution in [3.05, 3.63) is 75.8 Å². The molecule has 0 aliphatic carbocycles. The van der Waals surface area contributed by atoms with E-state index in [0.717, 1.165) is 5.56 Å². The van der Waals surface area contributed by atoms with E-state index in [1.807, 2.05) is 43.3 Å². The van der Waals surface area contributed by atoms with Crippen molar-refractivity contribution in [1.82, 2.24) is 14.3 Å². The average Bonchev–Trinajstić information content (AvgIpc) is 2.80. The van der Waals surface area contributed by atoms with E-state index in [0.29, 0.717) is 17.2 Å². The van der Waals surface area contributed by atoms with Crippen LogP contribution in [0.25, 0.3) is 5.69 Å². The van der Waals surface area contributed by atoms with E-state index in [9.17, 15) is 9.59 Å². The summed E-state index contributed by atoms with van der Waals surface area (Å²) in [5.74, 6) is -0.0429. The number of amides is 1. The van der Waals surface area contributed by atoms with Crippen LogP contribution < -0.4 is 10.9 Å². The fourth-order valence-electron chi connectivity index (χ4n) is 2.55. The lowest BCUT2D eigenvalue weighted by Gasteiger charge is -2.07. The van der Waals surface area contributed by atoms with Gasteiger partial charge in [-0.2, -0.15) is 0 Å². The third-order valence-corrected chi connectivity index (χ3v) is 3.93. The van der Waals surface area contributed by atoms with Crippen LogP contribution in [0, 0.1) is 13.8 Å². The minimum absolute atomic E-state index is 0.115. The van der Waals surface area contributed by atoms with Gasteiger partial charge in [0.1, 0.15) is 11.4 Å². The molecule has 0 radical (unpaired) electrons. The third-order valence-electron chi connectivity index (χ3n) is 3.93. The van der Waals surface area contributed by atoms with Gasteiger partial charge in [0.15, 0.2) is 0 Å². The quantitative estimate of drug-likeness (QED) is 0.805. The second-order valence-corrected chi connectivity index (χ2v) is 5.61. The van der Waals surface area contributed by atoms with Crippen molar-refractivity contribution >= 4 is 11.7 Å². The van der Waals surface area contributed by atoms with Gasteiger partial charge in [0.05, 0.1) is 11.4 Å². The van der Waals surface area contributed by atoms with Gasteiger partial charge < -0.3 is 5.32 Å². The SMILES string of the molecule is Cc1ccc(NC(=O)c2c(C)n(C)n(-c3ccccc3)c2=O)nc1. The van der Waals surface area contributed by atoms with Crippen LogP contribution in [0.5, 0.6) is 0 Å². The van der Waals surface area contributed by atoms with E-state index >= 15 is 0 Å². The van der Waals surface area contributed by atoms with Crippen molar-refractivity contribution in [2.45, 2.75) is 13.8 Å². The Morgan fingerprint density at radius 3 is 2.42 bits per heavy atom. The highest BCUT2D eigenvalue weighted by atomic mass is 16.2. The number of benzene rings is 1. The summed E-state index contributed by atoms with van der Waals surface area (Å²) >= 11 is 0. The number of para-hydroxylation sites is 1. The molecule has 0 spiro atoms. The van der Waals surface area contributed by atoms with Crippen molar-refractivity contribution in [2.24, 2.45) is 7.05 Å². The number of carbonyl (C=O) groups is 1. The Balaban J connectivity index is 2.01. The number of hydrogen-bond acceptors (Lipinski definition) is 3. The molecule has 0 saturated heterocycles. The first kappa shape index (κ1) is 15.7. The van der Waals surface area contributed by atoms with Crippen LogP contribution in [-0.4, -0.2) is 20.3 Å². The van der Waals surface area contributed by atoms with Crippen molar-refractivity contribution in [3.8, 4) is 5.69 Å². The summed E-state index contributed by atoms with van der Waals surface area (Å²) in [7, 11) is 1.75. The Morgan fingerprint density at radius 1 is 1.08 bits per heavy atom. The fraction of sp³-hybridized carbons (Fsp3) is 0.167. The summed E-state index contributed by atoms with van der Waals surface area (Å²) in [5.41, 5.74) is 2.05. The first-order valence-electron chi connectivity index (χ1n) is 7.57. The molecular formula is C18H18N4O2. The van der Waals surface area contributed by atoms with E-state index in [1.54, 1.807) is 30.9 Å². The molecule has 1 aromatic carbocycles. The van der Waals surface area contributed by atoms with Crippen molar-refractivity contribution in [1.29, 1.82) is 0 Å². The fourth-order valence-corrected chi connectivity index (χ4v) is 2.55. The predicted molar refractivity (Wildman–Crippen MR) is 92.7 cm³/mol. The zero-order valence-electron chi connectivity index (χ0n) is 13.8. The smallest absolute Gasteiger partial charge is 0.284 e. The minimum Gasteiger partial charge on any atom is -0.306 e. The maximum atomic E-state index is 12.8. The number of anilines is 1. The predicted octanol–water partition coefficient (Wildman–Crippen LogP) is 2.44. The van der Waals surface area contributed by atoms with Gasteiger partial charge in [-0.05, 0) is 37.6 Å². The molecule has 0 atom stereocenters. The number of carbonyl (C=O) groups excluding carboxylic acids is 1. The maximum absolute atomic E-state index is 12.8. The highest BCUT2D eigenvalue weighted by Gasteiger charge is 2.22. The highest BCUT2D eigenvalue weighted by molar-refractivity contribution is 6.04. The van der Waals surface area contributed by atoms with E-state index in [1.165, 1.54) is 4.68 Å². The van der Waals surface area contributed by atoms with Crippen LogP contribution in [-0.2, 0) is 7.05 Å². The largest absolute Gasteiger partial charge is 0.306 e. The molecule has 0 aliphatic rings. The first-order valence-corrected chi connectivity index (χ1v) is 7.57. The second kappa shape index (κ2) is 6.16. The van der Waals surface area contributed by atoms with Crippen LogP contribution in [0.4, 0.5) is 5.82 Å². The Hall–Kier alpha value is -3.15. The summed E-state index contributed by atoms with van der Waals surface area (Å²) in [6, 6.07) is 12.8. The Kier molecular flexibility index (Phi) is 4.04. The molecule has 0 unspecified atom stereocenters. The summed E-state index contributed by atoms with van der Waals surface area (Å²) < 4.78 is 3.15. The zero-order valence-corrected chi connectivity index (χ0v) is 13.8. The van der Waals surface area contributed by atoms with Crippen LogP contribution in [0.3, 0.4) is 0 Å². The number of aryl methyl sites for hydroxylation is 1. The summed E-state index contributed by atoms with van der Waals surface area (Å²) in [6.45, 7) is 3.66. The first-order chi connectivity index (χ1) is 11.5. The lowest BCUT2D eigenvalue weighted by atomic mass is 10.2. The van der Waals surface area contributed by atoms with Crippen molar-refractivity contribution < 1.29 is 4.79 Å². The van der Waals surface area contributed by atoms with Gasteiger partial charge in [-0.25, -0.2) is 9.67 Å². The Labute approximate surface area is 139 Å². The number of hydrogen-bond donors (Lipinski definition) is 1. The normalized spacial score (nSPS) is 10.6. The van der Waals surface area contributed by atoms with Gasteiger partial charge in [0.2, 0.25) is 0 Å². The van der Waals surface area contributed by atoms with Crippen LogP contribution in [0.2, 0.25) is 0 Å². The zero-order chi connectivity index (χ0) is 17.3. The van der Waals surface area contributed by atoms with E-state index in [2.05, 4.69) is 10.3 Å². The highest BCUT2D eigenvalue weighted by Crippen LogP contribution is 2.12. The molecule has 122 valence electrons. The summed E-state index contributed by atoms with van der Waals surface area (Å²) in [5, 5.41) is 2.68. The standard InChI is InChI=1S/C18H18N4O2/c1-12-9-10-15(19-11-12)20-17(23)16-13(2)21(3)22(18(16)24)14-7-5-4-6-8-14/h4-11H,1-3H3,(H,19,20,23). The second-order valence-electron chi connectivity index (χ2n) is 5.61. The Morgan fingerprint density at radius 2 is 1.79 bits per heavy atom. The number of aromatic nitrogens is 3. The van der Waals surface area contributed by atoms with Gasteiger partial charge in [0, 0.05) is 13.2 Å². The van der Waals surface area contributed by atoms with E-state index in [-0.39, 0.29) is 11.1 Å². The molecule has 1 amide bonds. The average molecular weight is 322 g/mol. The van der Waals surface area contributed by atoms with Gasteiger partial charge in [-0.1, -0.05) is 24.3 Å². The monoisotopic (exact) mass is 322 g/mol. The molecule has 0 fully saturated rings. The lowest BCUT2D eigenvalue weighted by molar-refractivity contribution is 0.102. The topological polar surface area (TPSA) is 68.9 Å². The van der Waals surface area contributed by atoms with Gasteiger partial charge in [0.25, 0.3) is 11.5 Å². The van der Waals surface area contributed by atoms with Gasteiger partial charge >= 0.3 is 0 Å². The van der Waals surface area contributed by atoms with Crippen molar-refractivity contribution in [2.75, 3.05) is 5.32 Å². The number of rotatable bonds is 3. The minimum atomic E-state index is -0.459. The maximum Gasteiger partial charge on any atom is 0.284 e. The molecule has 0 aliphatic heterocycles. The van der Waals surface area contributed by atoms with Gasteiger partial charge in [-0.15, -0.1) is 0 Å². The molecular weight excluding hydrogens is 304 g/mol. The number of pyridine rings is 1. The summed E-state index contributed by atoms with van der Waals surface area (Å²) in [6.07, 6.45) is 1.66. The molecule has 3 aromatic rings. The van der Waals surface area contributed by atoms with E-state index < -0.39 is 5.91 Å². The number of nitrogens with one attached hydrogen (secondary N) is 1. The molecule has 3 rings (SSSR count). The molecule has 6 nitrogen and oxygen atoms in total. The van der Waals surface area contributed by atoms with Crippen LogP contribution >= 0.6 is 0 Å². The number of nitrogens with zero attached hydrogens (tertiary/aromatic N) is 3. The van der Waals surface area contributed by atoms with Crippen molar-refractivity contribution in [3.63, 3.8) is 0 Å². The lowest BCUT2D eigenvalue weighted by Crippen LogP contribution is -2.25. The summed E-state index contributed by atoms with van der Waals surface area (Å²) in [4.78, 5) is 29.5. The molecule has 0 bridgehead atoms. The molecule has 2 aromatic heterocycles. The molecule has 2 heterocycles. The molecule has 1 N–H and O–H groups in total. The van der Waals surface area contributed by atoms with Crippen LogP contribution in [0.15, 0.2) is 53.5 Å². The Bertz CT molecular complexity index is 938. The van der Waals surface area contributed by atoms with E-state index in [4.69, 9.17) is 0 Å². The molecule has 0 saturated carbocycles. The van der Waals surface area contributed by atoms with Gasteiger partial charge in [-0.3, -0.25) is 14.3 Å². The van der Waals surface area contributed by atoms with Crippen LogP contribution in [0.1, 0.15) is 21.6 Å². The molecule has 6 heteroatoms. The third kappa shape index (κ3) is 2.74.